The van der Waals surface area contributed by atoms with E-state index < -0.39 is 0 Å². The molecule has 0 aromatic carbocycles. The average molecular weight is 432 g/mol. The van der Waals surface area contributed by atoms with Crippen LogP contribution in [-0.4, -0.2) is 41.4 Å². The van der Waals surface area contributed by atoms with Gasteiger partial charge in [-0.3, -0.25) is 0 Å². The van der Waals surface area contributed by atoms with Crippen molar-refractivity contribution >= 4 is 0 Å². The second-order valence-corrected chi connectivity index (χ2v) is 9.10. The van der Waals surface area contributed by atoms with Gasteiger partial charge in [0.25, 0.3) is 0 Å². The van der Waals surface area contributed by atoms with Crippen molar-refractivity contribution < 1.29 is 27.1 Å². The summed E-state index contributed by atoms with van der Waals surface area (Å²) in [5, 5.41) is 19.0. The van der Waals surface area contributed by atoms with Crippen LogP contribution in [0.25, 0.3) is 0 Å². The lowest BCUT2D eigenvalue weighted by atomic mass is 10.0. The highest BCUT2D eigenvalue weighted by Crippen LogP contribution is 2.15. The van der Waals surface area contributed by atoms with Crippen LogP contribution in [0.5, 0.6) is 0 Å². The molecule has 0 radical (unpaired) electrons. The van der Waals surface area contributed by atoms with Gasteiger partial charge in [-0.2, -0.15) is 0 Å². The summed E-state index contributed by atoms with van der Waals surface area (Å²) in [6.07, 6.45) is 21.9. The summed E-state index contributed by atoms with van der Waals surface area (Å²) in [7, 11) is 2.05. The number of hydrogen-bond acceptors (Lipinski definition) is 2. The van der Waals surface area contributed by atoms with Gasteiger partial charge in [0.2, 0.25) is 0 Å². The van der Waals surface area contributed by atoms with Crippen molar-refractivity contribution in [2.24, 2.45) is 0 Å². The maximum absolute atomic E-state index is 9.51. The summed E-state index contributed by atoms with van der Waals surface area (Å²) < 4.78 is 0.587. The number of likely N-dealkylation sites (N-methyl/N-ethyl adjacent to an activating group) is 1. The summed E-state index contributed by atoms with van der Waals surface area (Å²) in [4.78, 5) is 0. The molecule has 4 heteroatoms. The molecular formula is C25H50ClNO2. The number of hydrogen-bond donors (Lipinski definition) is 2. The van der Waals surface area contributed by atoms with Crippen LogP contribution in [0.4, 0.5) is 0 Å². The normalized spacial score (nSPS) is 11.2. The van der Waals surface area contributed by atoms with E-state index in [2.05, 4.69) is 20.1 Å². The molecule has 0 amide bonds. The monoisotopic (exact) mass is 431 g/mol. The summed E-state index contributed by atoms with van der Waals surface area (Å²) in [5.41, 5.74) is 0. The van der Waals surface area contributed by atoms with Crippen LogP contribution in [0.1, 0.15) is 110 Å². The molecule has 0 saturated carbocycles. The Labute approximate surface area is 188 Å². The number of unbranched alkanes of at least 4 members (excludes halogenated alkanes) is 15. The van der Waals surface area contributed by atoms with E-state index in [1.165, 1.54) is 96.3 Å². The van der Waals surface area contributed by atoms with Gasteiger partial charge in [0, 0.05) is 0 Å². The first-order chi connectivity index (χ1) is 13.4. The lowest BCUT2D eigenvalue weighted by molar-refractivity contribution is -0.903. The fraction of sp³-hybridized carbons (Fsp3) is 0.840. The minimum absolute atomic E-state index is 0. The second-order valence-electron chi connectivity index (χ2n) is 9.10. The van der Waals surface area contributed by atoms with Crippen molar-refractivity contribution in [1.82, 2.24) is 0 Å². The molecule has 0 aromatic rings. The fourth-order valence-electron chi connectivity index (χ4n) is 4.14. The maximum atomic E-state index is 9.51. The zero-order chi connectivity index (χ0) is 21.1. The van der Waals surface area contributed by atoms with Crippen LogP contribution in [-0.2, 0) is 0 Å². The van der Waals surface area contributed by atoms with Gasteiger partial charge in [0.15, 0.2) is 0 Å². The van der Waals surface area contributed by atoms with Crippen LogP contribution < -0.4 is 12.4 Å². The summed E-state index contributed by atoms with van der Waals surface area (Å²) in [5.74, 6) is 0.362. The lowest BCUT2D eigenvalue weighted by Crippen LogP contribution is -3.00. The Kier molecular flexibility index (Phi) is 21.7. The Bertz CT molecular complexity index is 382. The number of quaternary nitrogens is 1. The first-order valence-electron chi connectivity index (χ1n) is 12.0. The highest BCUT2D eigenvalue weighted by molar-refractivity contribution is 4.83. The third-order valence-corrected chi connectivity index (χ3v) is 5.68. The molecule has 2 N–H and O–H groups in total. The smallest absolute Gasteiger partial charge is 0.139 e. The van der Waals surface area contributed by atoms with Gasteiger partial charge < -0.3 is 27.1 Å². The van der Waals surface area contributed by atoms with Gasteiger partial charge in [0.05, 0.1) is 13.6 Å². The van der Waals surface area contributed by atoms with Crippen molar-refractivity contribution in [3.05, 3.63) is 24.7 Å². The quantitative estimate of drug-likeness (QED) is 0.155. The van der Waals surface area contributed by atoms with Gasteiger partial charge in [-0.05, 0) is 12.8 Å². The molecule has 0 fully saturated rings. The van der Waals surface area contributed by atoms with E-state index >= 15 is 0 Å². The standard InChI is InChI=1S/C25H49NO2.ClH/c1-5-6-7-8-9-10-11-12-13-14-15-16-17-18-19-20-21-26(4,22-24(2)27)23-25(3)28;/h2-3,5-23H2,1,4H3,(H-,27,28);1H. The van der Waals surface area contributed by atoms with Crippen LogP contribution in [0.15, 0.2) is 24.7 Å². The van der Waals surface area contributed by atoms with Crippen molar-refractivity contribution in [3.63, 3.8) is 0 Å². The average Bonchev–Trinajstić information content (AvgIpc) is 2.60. The van der Waals surface area contributed by atoms with Crippen molar-refractivity contribution in [1.29, 1.82) is 0 Å². The van der Waals surface area contributed by atoms with Crippen LogP contribution in [0.2, 0.25) is 0 Å². The molecule has 174 valence electrons. The van der Waals surface area contributed by atoms with E-state index in [4.69, 9.17) is 0 Å². The second kappa shape index (κ2) is 20.6. The topological polar surface area (TPSA) is 40.5 Å². The largest absolute Gasteiger partial charge is 1.00 e. The number of rotatable bonds is 21. The Hall–Kier alpha value is -0.670. The third kappa shape index (κ3) is 21.8. The van der Waals surface area contributed by atoms with Crippen LogP contribution >= 0.6 is 0 Å². The van der Waals surface area contributed by atoms with E-state index in [1.807, 2.05) is 7.05 Å². The third-order valence-electron chi connectivity index (χ3n) is 5.68. The van der Waals surface area contributed by atoms with Gasteiger partial charge in [-0.25, -0.2) is 0 Å². The number of nitrogens with zero attached hydrogens (tertiary/aromatic N) is 1. The minimum atomic E-state index is 0. The van der Waals surface area contributed by atoms with E-state index in [1.54, 1.807) is 0 Å². The molecule has 0 bridgehead atoms. The molecule has 0 aliphatic rings. The predicted octanol–water partition coefficient (Wildman–Crippen LogP) is 4.84. The van der Waals surface area contributed by atoms with Crippen LogP contribution in [0, 0.1) is 0 Å². The van der Waals surface area contributed by atoms with E-state index in [9.17, 15) is 10.2 Å². The van der Waals surface area contributed by atoms with Crippen LogP contribution in [0.3, 0.4) is 0 Å². The lowest BCUT2D eigenvalue weighted by Gasteiger charge is -2.33. The maximum Gasteiger partial charge on any atom is 0.139 e. The minimum Gasteiger partial charge on any atom is -1.00 e. The molecule has 3 nitrogen and oxygen atoms in total. The SMILES string of the molecule is C=C(O)C[N+](C)(CCCCCCCCCCCCCCCCCC)CC(=C)O.[Cl-]. The summed E-state index contributed by atoms with van der Waals surface area (Å²) in [6, 6.07) is 0. The number of aliphatic hydroxyl groups excluding tert-OH is 2. The zero-order valence-corrected chi connectivity index (χ0v) is 20.3. The molecule has 0 aromatic heterocycles. The van der Waals surface area contributed by atoms with Gasteiger partial charge in [-0.1, -0.05) is 110 Å². The summed E-state index contributed by atoms with van der Waals surface area (Å²) in [6.45, 7) is 11.4. The zero-order valence-electron chi connectivity index (χ0n) is 19.6. The fourth-order valence-corrected chi connectivity index (χ4v) is 4.14. The van der Waals surface area contributed by atoms with Crippen molar-refractivity contribution in [2.75, 3.05) is 26.7 Å². The van der Waals surface area contributed by atoms with E-state index in [0.29, 0.717) is 17.6 Å². The Morgan fingerprint density at radius 1 is 0.586 bits per heavy atom. The molecule has 0 atom stereocenters. The van der Waals surface area contributed by atoms with Crippen molar-refractivity contribution in [2.45, 2.75) is 110 Å². The Balaban J connectivity index is 0. The molecular weight excluding hydrogens is 382 g/mol. The van der Waals surface area contributed by atoms with Crippen molar-refractivity contribution in [3.8, 4) is 0 Å². The highest BCUT2D eigenvalue weighted by atomic mass is 35.5. The molecule has 0 heterocycles. The number of halogens is 1. The molecule has 29 heavy (non-hydrogen) atoms. The predicted molar refractivity (Wildman–Crippen MR) is 124 cm³/mol. The first kappa shape index (κ1) is 30.5. The van der Waals surface area contributed by atoms with Gasteiger partial charge in [0.1, 0.15) is 24.6 Å². The van der Waals surface area contributed by atoms with E-state index in [-0.39, 0.29) is 23.9 Å². The summed E-state index contributed by atoms with van der Waals surface area (Å²) >= 11 is 0. The van der Waals surface area contributed by atoms with Gasteiger partial charge in [-0.15, -0.1) is 0 Å². The molecule has 0 aliphatic carbocycles. The van der Waals surface area contributed by atoms with E-state index in [0.717, 1.165) is 13.0 Å². The Morgan fingerprint density at radius 3 is 1.14 bits per heavy atom. The Morgan fingerprint density at radius 2 is 0.862 bits per heavy atom. The van der Waals surface area contributed by atoms with Gasteiger partial charge >= 0.3 is 0 Å². The highest BCUT2D eigenvalue weighted by Gasteiger charge is 2.23. The number of aliphatic hydroxyl groups is 2. The molecule has 0 saturated heterocycles. The molecule has 0 rings (SSSR count). The molecule has 0 unspecified atom stereocenters. The first-order valence-corrected chi connectivity index (χ1v) is 12.0. The molecule has 0 spiro atoms. The molecule has 0 aliphatic heterocycles.